The predicted molar refractivity (Wildman–Crippen MR) is 172 cm³/mol. The molecule has 1 saturated carbocycles. The summed E-state index contributed by atoms with van der Waals surface area (Å²) in [4.78, 5) is 18.1. The molecule has 0 radical (unpaired) electrons. The standard InChI is InChI=1S/C34H41BrN6O2/c35-27-6-1-4-21-14-25(42)15-30(31(21)27)39-13-10-26-28(19-39)37-33(38-32(26)40-17-23-8-9-24(18-40)36-23)43-20-34-11-3-12-41(34)29-7-2-5-22(29)16-34/h1,4,6,14-15,22-24,29,36,42H,2-3,5,7-13,16-20H2. The highest BCUT2D eigenvalue weighted by Gasteiger charge is 2.55. The second kappa shape index (κ2) is 10.2. The second-order valence-corrected chi connectivity index (χ2v) is 14.9. The van der Waals surface area contributed by atoms with E-state index in [4.69, 9.17) is 14.7 Å². The number of ether oxygens (including phenoxy) is 1. The molecular weight excluding hydrogens is 604 g/mol. The summed E-state index contributed by atoms with van der Waals surface area (Å²) in [6, 6.07) is 12.3. The number of nitrogens with one attached hydrogen (secondary N) is 1. The third-order valence-electron chi connectivity index (χ3n) is 11.6. The fraction of sp³-hybridized carbons (Fsp3) is 0.588. The van der Waals surface area contributed by atoms with E-state index in [1.165, 1.54) is 63.5 Å². The molecule has 1 aliphatic carbocycles. The zero-order valence-corrected chi connectivity index (χ0v) is 26.4. The molecule has 5 aliphatic heterocycles. The van der Waals surface area contributed by atoms with Crippen LogP contribution < -0.4 is 19.9 Å². The average molecular weight is 646 g/mol. The van der Waals surface area contributed by atoms with E-state index in [-0.39, 0.29) is 11.3 Å². The highest BCUT2D eigenvalue weighted by atomic mass is 79.9. The fourth-order valence-electron chi connectivity index (χ4n) is 9.75. The number of hydrogen-bond donors (Lipinski definition) is 2. The van der Waals surface area contributed by atoms with E-state index in [0.29, 0.717) is 31.2 Å². The number of hydrogen-bond acceptors (Lipinski definition) is 8. The summed E-state index contributed by atoms with van der Waals surface area (Å²) >= 11 is 3.78. The molecule has 3 aromatic rings. The van der Waals surface area contributed by atoms with Crippen LogP contribution in [0.15, 0.2) is 34.8 Å². The van der Waals surface area contributed by atoms with Crippen molar-refractivity contribution >= 4 is 38.2 Å². The number of anilines is 2. The normalized spacial score (nSPS) is 31.5. The number of piperazine rings is 1. The van der Waals surface area contributed by atoms with Gasteiger partial charge >= 0.3 is 6.01 Å². The van der Waals surface area contributed by atoms with Gasteiger partial charge in [0, 0.05) is 64.9 Å². The van der Waals surface area contributed by atoms with Crippen LogP contribution in [0, 0.1) is 5.92 Å². The largest absolute Gasteiger partial charge is 0.508 e. The van der Waals surface area contributed by atoms with E-state index in [1.54, 1.807) is 0 Å². The molecule has 43 heavy (non-hydrogen) atoms. The molecule has 9 heteroatoms. The van der Waals surface area contributed by atoms with E-state index in [9.17, 15) is 5.11 Å². The Morgan fingerprint density at radius 2 is 1.91 bits per heavy atom. The molecule has 9 rings (SSSR count). The predicted octanol–water partition coefficient (Wildman–Crippen LogP) is 5.39. The molecule has 226 valence electrons. The molecule has 5 unspecified atom stereocenters. The Balaban J connectivity index is 1.06. The van der Waals surface area contributed by atoms with Gasteiger partial charge in [-0.1, -0.05) is 34.5 Å². The van der Waals surface area contributed by atoms with Crippen molar-refractivity contribution in [2.75, 3.05) is 42.6 Å². The van der Waals surface area contributed by atoms with Gasteiger partial charge in [0.15, 0.2) is 0 Å². The maximum Gasteiger partial charge on any atom is 0.318 e. The number of benzene rings is 2. The molecule has 2 N–H and O–H groups in total. The lowest BCUT2D eigenvalue weighted by molar-refractivity contribution is 0.0829. The lowest BCUT2D eigenvalue weighted by atomic mass is 9.90. The summed E-state index contributed by atoms with van der Waals surface area (Å²) in [7, 11) is 0. The molecule has 6 aliphatic rings. The van der Waals surface area contributed by atoms with E-state index in [1.807, 2.05) is 18.2 Å². The van der Waals surface area contributed by atoms with Gasteiger partial charge < -0.3 is 25.0 Å². The summed E-state index contributed by atoms with van der Waals surface area (Å²) in [6.45, 7) is 5.42. The van der Waals surface area contributed by atoms with Crippen molar-refractivity contribution in [3.8, 4) is 11.8 Å². The van der Waals surface area contributed by atoms with Crippen LogP contribution in [0.2, 0.25) is 0 Å². The summed E-state index contributed by atoms with van der Waals surface area (Å²) in [6.07, 6.45) is 11.2. The molecule has 2 bridgehead atoms. The van der Waals surface area contributed by atoms with Crippen molar-refractivity contribution in [2.24, 2.45) is 5.92 Å². The summed E-state index contributed by atoms with van der Waals surface area (Å²) in [5.74, 6) is 2.21. The Hall–Kier alpha value is -2.62. The molecule has 6 heterocycles. The molecule has 0 spiro atoms. The van der Waals surface area contributed by atoms with Crippen LogP contribution in [-0.4, -0.2) is 76.4 Å². The van der Waals surface area contributed by atoms with Gasteiger partial charge in [-0.3, -0.25) is 4.90 Å². The zero-order chi connectivity index (χ0) is 28.7. The van der Waals surface area contributed by atoms with Crippen LogP contribution >= 0.6 is 15.9 Å². The monoisotopic (exact) mass is 644 g/mol. The van der Waals surface area contributed by atoms with Gasteiger partial charge in [-0.2, -0.15) is 9.97 Å². The lowest BCUT2D eigenvalue weighted by Crippen LogP contribution is -2.52. The first-order valence-electron chi connectivity index (χ1n) is 16.5. The topological polar surface area (TPSA) is 77.0 Å². The molecule has 4 saturated heterocycles. The van der Waals surface area contributed by atoms with Crippen LogP contribution in [0.3, 0.4) is 0 Å². The number of phenols is 1. The van der Waals surface area contributed by atoms with Gasteiger partial charge in [0.1, 0.15) is 18.2 Å². The first-order valence-corrected chi connectivity index (χ1v) is 17.3. The van der Waals surface area contributed by atoms with E-state index >= 15 is 0 Å². The Bertz CT molecular complexity index is 1570. The minimum absolute atomic E-state index is 0.155. The fourth-order valence-corrected chi connectivity index (χ4v) is 10.3. The number of phenolic OH excluding ortho intramolecular Hbond substituents is 1. The number of aromatic hydroxyl groups is 1. The van der Waals surface area contributed by atoms with Gasteiger partial charge in [-0.15, -0.1) is 0 Å². The minimum atomic E-state index is 0.155. The Morgan fingerprint density at radius 3 is 2.79 bits per heavy atom. The van der Waals surface area contributed by atoms with Crippen LogP contribution in [0.4, 0.5) is 11.5 Å². The van der Waals surface area contributed by atoms with E-state index in [0.717, 1.165) is 70.5 Å². The van der Waals surface area contributed by atoms with Gasteiger partial charge in [0.2, 0.25) is 0 Å². The SMILES string of the molecule is Oc1cc(N2CCc3c(nc(OCC45CCCN4C4CCCC4C5)nc3N3CC4CCC(C3)N4)C2)c2c(Br)cccc2c1. The number of aromatic nitrogens is 2. The van der Waals surface area contributed by atoms with E-state index < -0.39 is 0 Å². The average Bonchev–Trinajstić information content (AvgIpc) is 3.76. The lowest BCUT2D eigenvalue weighted by Gasteiger charge is -2.38. The van der Waals surface area contributed by atoms with Crippen molar-refractivity contribution in [2.45, 2.75) is 88.0 Å². The van der Waals surface area contributed by atoms with Crippen LogP contribution in [0.1, 0.15) is 62.6 Å². The van der Waals surface area contributed by atoms with Crippen LogP contribution in [-0.2, 0) is 13.0 Å². The molecular formula is C34H41BrN6O2. The van der Waals surface area contributed by atoms with Crippen LogP contribution in [0.25, 0.3) is 10.8 Å². The van der Waals surface area contributed by atoms with Crippen molar-refractivity contribution in [3.05, 3.63) is 46.1 Å². The van der Waals surface area contributed by atoms with E-state index in [2.05, 4.69) is 48.1 Å². The van der Waals surface area contributed by atoms with Gasteiger partial charge in [0.05, 0.1) is 17.8 Å². The molecule has 5 fully saturated rings. The third-order valence-corrected chi connectivity index (χ3v) is 12.2. The maximum absolute atomic E-state index is 10.6. The van der Waals surface area contributed by atoms with Crippen molar-refractivity contribution < 1.29 is 9.84 Å². The molecule has 2 aromatic carbocycles. The molecule has 5 atom stereocenters. The summed E-state index contributed by atoms with van der Waals surface area (Å²) in [5.41, 5.74) is 3.52. The maximum atomic E-state index is 10.6. The highest BCUT2D eigenvalue weighted by Crippen LogP contribution is 2.51. The molecule has 1 aromatic heterocycles. The van der Waals surface area contributed by atoms with Crippen molar-refractivity contribution in [1.29, 1.82) is 0 Å². The van der Waals surface area contributed by atoms with Gasteiger partial charge in [0.25, 0.3) is 0 Å². The quantitative estimate of drug-likeness (QED) is 0.383. The Kier molecular flexibility index (Phi) is 6.35. The Labute approximate surface area is 261 Å². The first-order chi connectivity index (χ1) is 21.0. The van der Waals surface area contributed by atoms with Crippen molar-refractivity contribution in [1.82, 2.24) is 20.2 Å². The highest BCUT2D eigenvalue weighted by molar-refractivity contribution is 9.10. The van der Waals surface area contributed by atoms with Gasteiger partial charge in [-0.25, -0.2) is 0 Å². The number of halogens is 1. The molecule has 8 nitrogen and oxygen atoms in total. The van der Waals surface area contributed by atoms with Gasteiger partial charge in [-0.05, 0) is 81.3 Å². The number of fused-ring (bicyclic) bond motifs is 7. The van der Waals surface area contributed by atoms with Crippen molar-refractivity contribution in [3.63, 3.8) is 0 Å². The van der Waals surface area contributed by atoms with Crippen LogP contribution in [0.5, 0.6) is 11.8 Å². The Morgan fingerprint density at radius 1 is 1.02 bits per heavy atom. The number of nitrogens with zero attached hydrogens (tertiary/aromatic N) is 5. The first kappa shape index (κ1) is 26.8. The zero-order valence-electron chi connectivity index (χ0n) is 24.8. The third kappa shape index (κ3) is 4.44. The number of rotatable bonds is 5. The summed E-state index contributed by atoms with van der Waals surface area (Å²) in [5, 5.41) is 16.6. The smallest absolute Gasteiger partial charge is 0.318 e. The molecule has 0 amide bonds. The second-order valence-electron chi connectivity index (χ2n) is 14.0. The minimum Gasteiger partial charge on any atom is -0.508 e. The summed E-state index contributed by atoms with van der Waals surface area (Å²) < 4.78 is 7.74.